The Kier molecular flexibility index (Phi) is 5.25. The van der Waals surface area contributed by atoms with E-state index in [1.165, 1.54) is 12.1 Å². The Labute approximate surface area is 95.1 Å². The molecule has 0 aliphatic heterocycles. The normalized spacial score (nSPS) is 12.4. The molecule has 15 heavy (non-hydrogen) atoms. The summed E-state index contributed by atoms with van der Waals surface area (Å²) in [6.45, 7) is 4.31. The molecule has 0 spiro atoms. The maximum absolute atomic E-state index is 5.73. The number of nitrogens with two attached hydrogens (primary N) is 1. The van der Waals surface area contributed by atoms with Crippen molar-refractivity contribution in [3.8, 4) is 0 Å². The lowest BCUT2D eigenvalue weighted by atomic mass is 10.2. The number of anilines is 2. The van der Waals surface area contributed by atoms with Crippen LogP contribution in [0, 0.1) is 0 Å². The van der Waals surface area contributed by atoms with Gasteiger partial charge in [-0.3, -0.25) is 0 Å². The van der Waals surface area contributed by atoms with Crippen molar-refractivity contribution in [1.82, 2.24) is 9.97 Å². The Morgan fingerprint density at radius 2 is 2.40 bits per heavy atom. The third kappa shape index (κ3) is 4.38. The van der Waals surface area contributed by atoms with Crippen LogP contribution in [-0.4, -0.2) is 27.5 Å². The van der Waals surface area contributed by atoms with Gasteiger partial charge in [-0.1, -0.05) is 6.92 Å². The molecule has 0 aliphatic rings. The van der Waals surface area contributed by atoms with Crippen LogP contribution in [-0.2, 0) is 0 Å². The molecule has 0 radical (unpaired) electrons. The van der Waals surface area contributed by atoms with Crippen molar-refractivity contribution in [2.45, 2.75) is 26.3 Å². The first-order valence-electron chi connectivity index (χ1n) is 5.13. The van der Waals surface area contributed by atoms with Gasteiger partial charge in [-0.05, 0) is 24.9 Å². The molecule has 5 heteroatoms. The molecule has 1 unspecified atom stereocenters. The molecular weight excluding hydrogens is 208 g/mol. The van der Waals surface area contributed by atoms with Gasteiger partial charge < -0.3 is 11.1 Å². The molecule has 0 bridgehead atoms. The Bertz CT molecular complexity index is 293. The molecule has 1 rings (SSSR count). The van der Waals surface area contributed by atoms with Crippen molar-refractivity contribution in [1.29, 1.82) is 0 Å². The summed E-state index contributed by atoms with van der Waals surface area (Å²) >= 11 is 1.95. The van der Waals surface area contributed by atoms with Gasteiger partial charge in [-0.15, -0.1) is 0 Å². The number of rotatable bonds is 6. The zero-order chi connectivity index (χ0) is 11.1. The summed E-state index contributed by atoms with van der Waals surface area (Å²) in [5.74, 6) is 3.07. The van der Waals surface area contributed by atoms with E-state index in [0.717, 1.165) is 18.0 Å². The largest absolute Gasteiger partial charge is 0.394 e. The van der Waals surface area contributed by atoms with E-state index in [-0.39, 0.29) is 0 Å². The second-order valence-electron chi connectivity index (χ2n) is 3.36. The van der Waals surface area contributed by atoms with Crippen LogP contribution in [0.1, 0.15) is 20.3 Å². The van der Waals surface area contributed by atoms with Crippen molar-refractivity contribution in [3.63, 3.8) is 0 Å². The summed E-state index contributed by atoms with van der Waals surface area (Å²) in [5, 5.41) is 3.28. The summed E-state index contributed by atoms with van der Waals surface area (Å²) in [4.78, 5) is 7.94. The predicted molar refractivity (Wildman–Crippen MR) is 67.1 cm³/mol. The van der Waals surface area contributed by atoms with E-state index in [4.69, 9.17) is 5.73 Å². The second kappa shape index (κ2) is 6.50. The van der Waals surface area contributed by atoms with Crippen molar-refractivity contribution in [2.75, 3.05) is 22.6 Å². The lowest BCUT2D eigenvalue weighted by molar-refractivity contribution is 0.766. The fourth-order valence-corrected chi connectivity index (χ4v) is 1.98. The predicted octanol–water partition coefficient (Wildman–Crippen LogP) is 2.00. The van der Waals surface area contributed by atoms with Gasteiger partial charge in [0.25, 0.3) is 0 Å². The van der Waals surface area contributed by atoms with E-state index in [1.54, 1.807) is 6.20 Å². The zero-order valence-electron chi connectivity index (χ0n) is 9.23. The van der Waals surface area contributed by atoms with Crippen molar-refractivity contribution in [3.05, 3.63) is 12.5 Å². The molecule has 1 heterocycles. The molecule has 84 valence electrons. The van der Waals surface area contributed by atoms with Crippen LogP contribution in [0.4, 0.5) is 11.5 Å². The SMILES string of the molecule is CCSCCC(C)Nc1ncncc1N. The van der Waals surface area contributed by atoms with Crippen LogP contribution in [0.25, 0.3) is 0 Å². The number of hydrogen-bond acceptors (Lipinski definition) is 5. The summed E-state index contributed by atoms with van der Waals surface area (Å²) in [6.07, 6.45) is 4.23. The Balaban J connectivity index is 2.37. The number of nitrogen functional groups attached to an aromatic ring is 1. The average Bonchev–Trinajstić information content (AvgIpc) is 2.22. The summed E-state index contributed by atoms with van der Waals surface area (Å²) in [7, 11) is 0. The van der Waals surface area contributed by atoms with Crippen molar-refractivity contribution in [2.24, 2.45) is 0 Å². The van der Waals surface area contributed by atoms with Crippen LogP contribution in [0.3, 0.4) is 0 Å². The highest BCUT2D eigenvalue weighted by Crippen LogP contribution is 2.14. The van der Waals surface area contributed by atoms with E-state index in [2.05, 4.69) is 29.1 Å². The third-order valence-electron chi connectivity index (χ3n) is 2.02. The van der Waals surface area contributed by atoms with Gasteiger partial charge in [0.1, 0.15) is 6.33 Å². The second-order valence-corrected chi connectivity index (χ2v) is 4.75. The number of hydrogen-bond donors (Lipinski definition) is 2. The first-order valence-corrected chi connectivity index (χ1v) is 6.29. The fourth-order valence-electron chi connectivity index (χ4n) is 1.17. The Hall–Kier alpha value is -0.970. The van der Waals surface area contributed by atoms with E-state index in [1.807, 2.05) is 11.8 Å². The zero-order valence-corrected chi connectivity index (χ0v) is 10.0. The lowest BCUT2D eigenvalue weighted by Gasteiger charge is -2.14. The molecule has 0 amide bonds. The maximum atomic E-state index is 5.73. The van der Waals surface area contributed by atoms with Gasteiger partial charge in [0, 0.05) is 6.04 Å². The third-order valence-corrected chi connectivity index (χ3v) is 2.96. The highest BCUT2D eigenvalue weighted by molar-refractivity contribution is 7.99. The van der Waals surface area contributed by atoms with Gasteiger partial charge in [0.15, 0.2) is 5.82 Å². The number of thioether (sulfide) groups is 1. The van der Waals surface area contributed by atoms with Crippen LogP contribution < -0.4 is 11.1 Å². The summed E-state index contributed by atoms with van der Waals surface area (Å²) < 4.78 is 0. The maximum Gasteiger partial charge on any atom is 0.152 e. The molecule has 4 nitrogen and oxygen atoms in total. The minimum Gasteiger partial charge on any atom is -0.394 e. The lowest BCUT2D eigenvalue weighted by Crippen LogP contribution is -2.18. The smallest absolute Gasteiger partial charge is 0.152 e. The summed E-state index contributed by atoms with van der Waals surface area (Å²) in [5.41, 5.74) is 6.34. The van der Waals surface area contributed by atoms with Crippen LogP contribution in [0.15, 0.2) is 12.5 Å². The Morgan fingerprint density at radius 1 is 1.60 bits per heavy atom. The molecule has 3 N–H and O–H groups in total. The van der Waals surface area contributed by atoms with Crippen molar-refractivity contribution >= 4 is 23.3 Å². The minimum absolute atomic E-state index is 0.390. The molecule has 1 atom stereocenters. The molecular formula is C10H18N4S. The van der Waals surface area contributed by atoms with Crippen LogP contribution in [0.5, 0.6) is 0 Å². The highest BCUT2D eigenvalue weighted by atomic mass is 32.2. The van der Waals surface area contributed by atoms with Crippen molar-refractivity contribution < 1.29 is 0 Å². The minimum atomic E-state index is 0.390. The summed E-state index contributed by atoms with van der Waals surface area (Å²) in [6, 6.07) is 0.390. The molecule has 1 aromatic rings. The molecule has 1 aromatic heterocycles. The van der Waals surface area contributed by atoms with Gasteiger partial charge in [-0.25, -0.2) is 9.97 Å². The quantitative estimate of drug-likeness (QED) is 0.726. The monoisotopic (exact) mass is 226 g/mol. The first kappa shape index (κ1) is 12.1. The molecule has 0 aromatic carbocycles. The van der Waals surface area contributed by atoms with Gasteiger partial charge in [0.05, 0.1) is 11.9 Å². The van der Waals surface area contributed by atoms with Gasteiger partial charge >= 0.3 is 0 Å². The molecule has 0 saturated carbocycles. The number of aromatic nitrogens is 2. The average molecular weight is 226 g/mol. The highest BCUT2D eigenvalue weighted by Gasteiger charge is 2.05. The van der Waals surface area contributed by atoms with E-state index in [9.17, 15) is 0 Å². The topological polar surface area (TPSA) is 63.8 Å². The Morgan fingerprint density at radius 3 is 3.07 bits per heavy atom. The standard InChI is InChI=1S/C10H18N4S/c1-3-15-5-4-8(2)14-10-9(11)6-12-7-13-10/h6-8H,3-5,11H2,1-2H3,(H,12,13,14). The van der Waals surface area contributed by atoms with Gasteiger partial charge in [-0.2, -0.15) is 11.8 Å². The number of nitrogens with zero attached hydrogens (tertiary/aromatic N) is 2. The van der Waals surface area contributed by atoms with Gasteiger partial charge in [0.2, 0.25) is 0 Å². The first-order chi connectivity index (χ1) is 7.24. The van der Waals surface area contributed by atoms with E-state index in [0.29, 0.717) is 11.7 Å². The number of nitrogens with one attached hydrogen (secondary N) is 1. The van der Waals surface area contributed by atoms with E-state index >= 15 is 0 Å². The molecule has 0 saturated heterocycles. The van der Waals surface area contributed by atoms with E-state index < -0.39 is 0 Å². The molecule has 0 fully saturated rings. The fraction of sp³-hybridized carbons (Fsp3) is 0.600. The molecule has 0 aliphatic carbocycles. The van der Waals surface area contributed by atoms with Crippen LogP contribution >= 0.6 is 11.8 Å². The van der Waals surface area contributed by atoms with Crippen LogP contribution in [0.2, 0.25) is 0 Å².